The summed E-state index contributed by atoms with van der Waals surface area (Å²) in [5, 5.41) is 4.39. The van der Waals surface area contributed by atoms with E-state index in [9.17, 15) is 22.8 Å². The number of alkyl halides is 3. The number of hydrogen-bond donors (Lipinski definition) is 4. The Balaban J connectivity index is 1.48. The number of carbonyl (C=O) groups excluding carboxylic acids is 1. The van der Waals surface area contributed by atoms with Gasteiger partial charge < -0.3 is 25.3 Å². The summed E-state index contributed by atoms with van der Waals surface area (Å²) in [6.07, 6.45) is -4.65. The Kier molecular flexibility index (Phi) is 5.54. The van der Waals surface area contributed by atoms with Crippen LogP contribution < -0.4 is 21.1 Å². The van der Waals surface area contributed by atoms with E-state index in [1.807, 2.05) is 0 Å². The normalized spacial score (nSPS) is 11.4. The molecule has 7 nitrogen and oxygen atoms in total. The molecule has 0 saturated carbocycles. The maximum atomic E-state index is 13.0. The van der Waals surface area contributed by atoms with Gasteiger partial charge in [-0.2, -0.15) is 13.2 Å². The number of ether oxygens (including phenoxy) is 1. The highest BCUT2D eigenvalue weighted by Crippen LogP contribution is 2.36. The van der Waals surface area contributed by atoms with E-state index in [-0.39, 0.29) is 11.4 Å². The van der Waals surface area contributed by atoms with E-state index in [1.54, 1.807) is 36.4 Å². The zero-order valence-corrected chi connectivity index (χ0v) is 16.8. The lowest BCUT2D eigenvalue weighted by atomic mass is 10.2. The summed E-state index contributed by atoms with van der Waals surface area (Å²) in [5.41, 5.74) is -0.114. The quantitative estimate of drug-likeness (QED) is 0.301. The van der Waals surface area contributed by atoms with Crippen molar-refractivity contribution in [1.29, 1.82) is 0 Å². The number of imidazole rings is 1. The van der Waals surface area contributed by atoms with Gasteiger partial charge in [-0.05, 0) is 42.5 Å². The molecule has 0 saturated heterocycles. The average Bonchev–Trinajstić information content (AvgIpc) is 3.10. The van der Waals surface area contributed by atoms with Crippen molar-refractivity contribution in [2.75, 3.05) is 10.6 Å². The first-order chi connectivity index (χ1) is 15.2. The van der Waals surface area contributed by atoms with Crippen LogP contribution in [0.3, 0.4) is 0 Å². The summed E-state index contributed by atoms with van der Waals surface area (Å²) in [4.78, 5) is 29.0. The van der Waals surface area contributed by atoms with Crippen LogP contribution in [0, 0.1) is 0 Å². The molecule has 32 heavy (non-hydrogen) atoms. The fraction of sp³-hybridized carbons (Fsp3) is 0.0476. The molecule has 2 amide bonds. The number of H-pyrrole nitrogens is 2. The van der Waals surface area contributed by atoms with Gasteiger partial charge in [0.2, 0.25) is 0 Å². The largest absolute Gasteiger partial charge is 0.455 e. The zero-order valence-electron chi connectivity index (χ0n) is 16.0. The Morgan fingerprint density at radius 2 is 1.66 bits per heavy atom. The molecule has 0 aliphatic carbocycles. The Morgan fingerprint density at radius 1 is 0.938 bits per heavy atom. The number of aromatic amines is 2. The molecule has 0 radical (unpaired) electrons. The molecule has 0 atom stereocenters. The molecule has 0 aliphatic rings. The topological polar surface area (TPSA) is 99.0 Å². The van der Waals surface area contributed by atoms with Crippen LogP contribution in [0.2, 0.25) is 5.02 Å². The maximum Gasteiger partial charge on any atom is 0.417 e. The van der Waals surface area contributed by atoms with Crippen molar-refractivity contribution in [2.45, 2.75) is 6.18 Å². The summed E-state index contributed by atoms with van der Waals surface area (Å²) in [6, 6.07) is 13.8. The molecule has 0 spiro atoms. The van der Waals surface area contributed by atoms with Crippen LogP contribution >= 0.6 is 11.6 Å². The number of amides is 2. The number of aromatic nitrogens is 2. The van der Waals surface area contributed by atoms with Gasteiger partial charge in [-0.3, -0.25) is 0 Å². The fourth-order valence-corrected chi connectivity index (χ4v) is 3.22. The van der Waals surface area contributed by atoms with Crippen molar-refractivity contribution >= 4 is 40.0 Å². The highest BCUT2D eigenvalue weighted by Gasteiger charge is 2.33. The number of rotatable bonds is 4. The van der Waals surface area contributed by atoms with Crippen LogP contribution in [0.15, 0.2) is 65.5 Å². The molecule has 4 aromatic rings. The SMILES string of the molecule is O=C(Nc1cccc(Oc2cccc3[nH]c(=O)[nH]c23)c1)Nc1ccc(Cl)c(C(F)(F)F)c1. The van der Waals surface area contributed by atoms with Crippen molar-refractivity contribution in [2.24, 2.45) is 0 Å². The van der Waals surface area contributed by atoms with Gasteiger partial charge in [-0.15, -0.1) is 0 Å². The Morgan fingerprint density at radius 3 is 2.41 bits per heavy atom. The van der Waals surface area contributed by atoms with Gasteiger partial charge in [-0.1, -0.05) is 23.7 Å². The lowest BCUT2D eigenvalue weighted by Gasteiger charge is -2.13. The summed E-state index contributed by atoms with van der Waals surface area (Å²) >= 11 is 5.59. The van der Waals surface area contributed by atoms with Crippen molar-refractivity contribution in [3.05, 3.63) is 81.7 Å². The predicted molar refractivity (Wildman–Crippen MR) is 115 cm³/mol. The Labute approximate surface area is 183 Å². The molecule has 1 heterocycles. The minimum absolute atomic E-state index is 0.0743. The molecule has 0 fully saturated rings. The van der Waals surface area contributed by atoms with Gasteiger partial charge in [0.1, 0.15) is 11.3 Å². The van der Waals surface area contributed by atoms with E-state index in [4.69, 9.17) is 16.3 Å². The minimum Gasteiger partial charge on any atom is -0.455 e. The molecule has 1 aromatic heterocycles. The van der Waals surface area contributed by atoms with Crippen LogP contribution in [0.4, 0.5) is 29.3 Å². The summed E-state index contributed by atoms with van der Waals surface area (Å²) in [7, 11) is 0. The molecule has 11 heteroatoms. The third-order valence-corrected chi connectivity index (χ3v) is 4.69. The number of hydrogen-bond acceptors (Lipinski definition) is 3. The lowest BCUT2D eigenvalue weighted by Crippen LogP contribution is -2.20. The zero-order chi connectivity index (χ0) is 22.9. The van der Waals surface area contributed by atoms with Crippen LogP contribution in [-0.4, -0.2) is 16.0 Å². The van der Waals surface area contributed by atoms with Gasteiger partial charge >= 0.3 is 17.9 Å². The van der Waals surface area contributed by atoms with Crippen molar-refractivity contribution in [3.8, 4) is 11.5 Å². The number of halogens is 4. The molecule has 0 aliphatic heterocycles. The predicted octanol–water partition coefficient (Wildman–Crippen LogP) is 5.96. The second-order valence-corrected chi connectivity index (χ2v) is 7.07. The minimum atomic E-state index is -4.65. The van der Waals surface area contributed by atoms with E-state index in [2.05, 4.69) is 20.6 Å². The Hall–Kier alpha value is -3.92. The van der Waals surface area contributed by atoms with Gasteiger partial charge in [0.15, 0.2) is 5.75 Å². The molecule has 4 N–H and O–H groups in total. The number of nitrogens with one attached hydrogen (secondary N) is 4. The lowest BCUT2D eigenvalue weighted by molar-refractivity contribution is -0.137. The molecular formula is C21H14ClF3N4O3. The summed E-state index contributed by atoms with van der Waals surface area (Å²) in [6.45, 7) is 0. The summed E-state index contributed by atoms with van der Waals surface area (Å²) in [5.74, 6) is 0.756. The number of anilines is 2. The van der Waals surface area contributed by atoms with Gasteiger partial charge in [0.05, 0.1) is 16.1 Å². The van der Waals surface area contributed by atoms with E-state index in [0.29, 0.717) is 28.2 Å². The smallest absolute Gasteiger partial charge is 0.417 e. The molecule has 4 rings (SSSR count). The first-order valence-electron chi connectivity index (χ1n) is 9.13. The van der Waals surface area contributed by atoms with Gasteiger partial charge in [0.25, 0.3) is 0 Å². The molecule has 0 unspecified atom stereocenters. The van der Waals surface area contributed by atoms with Crippen LogP contribution in [0.25, 0.3) is 11.0 Å². The molecule has 164 valence electrons. The van der Waals surface area contributed by atoms with Crippen LogP contribution in [0.1, 0.15) is 5.56 Å². The number of urea groups is 1. The van der Waals surface area contributed by atoms with E-state index in [1.165, 1.54) is 12.1 Å². The second kappa shape index (κ2) is 8.31. The standard InChI is InChI=1S/C21H14ClF3N4O3/c22-15-8-7-12(10-14(15)21(23,24)25)27-19(30)26-11-3-1-4-13(9-11)32-17-6-2-5-16-18(17)29-20(31)28-16/h1-10H,(H2,26,27,30)(H2,28,29,31). The first kappa shape index (κ1) is 21.3. The van der Waals surface area contributed by atoms with Crippen molar-refractivity contribution in [3.63, 3.8) is 0 Å². The molecular weight excluding hydrogens is 449 g/mol. The maximum absolute atomic E-state index is 13.0. The van der Waals surface area contributed by atoms with Gasteiger partial charge in [-0.25, -0.2) is 9.59 Å². The third-order valence-electron chi connectivity index (χ3n) is 4.36. The second-order valence-electron chi connectivity index (χ2n) is 6.66. The van der Waals surface area contributed by atoms with Crippen molar-refractivity contribution < 1.29 is 22.7 Å². The number of benzene rings is 3. The number of carbonyl (C=O) groups is 1. The highest BCUT2D eigenvalue weighted by molar-refractivity contribution is 6.31. The summed E-state index contributed by atoms with van der Waals surface area (Å²) < 4.78 is 44.8. The number of para-hydroxylation sites is 1. The number of fused-ring (bicyclic) bond motifs is 1. The monoisotopic (exact) mass is 462 g/mol. The fourth-order valence-electron chi connectivity index (χ4n) is 2.99. The average molecular weight is 463 g/mol. The molecule has 3 aromatic carbocycles. The van der Waals surface area contributed by atoms with Crippen LogP contribution in [-0.2, 0) is 6.18 Å². The van der Waals surface area contributed by atoms with E-state index < -0.39 is 22.8 Å². The third kappa shape index (κ3) is 4.70. The molecule has 0 bridgehead atoms. The first-order valence-corrected chi connectivity index (χ1v) is 9.50. The van der Waals surface area contributed by atoms with E-state index >= 15 is 0 Å². The van der Waals surface area contributed by atoms with Gasteiger partial charge in [0, 0.05) is 17.4 Å². The van der Waals surface area contributed by atoms with Crippen LogP contribution in [0.5, 0.6) is 11.5 Å². The van der Waals surface area contributed by atoms with Crippen molar-refractivity contribution in [1.82, 2.24) is 9.97 Å². The van der Waals surface area contributed by atoms with E-state index in [0.717, 1.165) is 12.1 Å². The Bertz CT molecular complexity index is 1360. The highest BCUT2D eigenvalue weighted by atomic mass is 35.5.